The van der Waals surface area contributed by atoms with Gasteiger partial charge >= 0.3 is 6.18 Å². The number of nitrogens with zero attached hydrogens (tertiary/aromatic N) is 4. The molecule has 2 aliphatic carbocycles. The largest absolute Gasteiger partial charge is 0.497 e. The number of halogens is 6. The van der Waals surface area contributed by atoms with Gasteiger partial charge in [-0.25, -0.2) is 23.1 Å². The maximum Gasteiger partial charge on any atom is 0.416 e. The number of pyridine rings is 1. The van der Waals surface area contributed by atoms with Crippen molar-refractivity contribution in [1.82, 2.24) is 15.0 Å². The van der Waals surface area contributed by atoms with Gasteiger partial charge in [-0.1, -0.05) is 45.0 Å². The number of aromatic nitrogens is 3. The Bertz CT molecular complexity index is 2240. The lowest BCUT2D eigenvalue weighted by molar-refractivity contribution is -0.285. The topological polar surface area (TPSA) is 88.1 Å². The normalized spacial score (nSPS) is 22.5. The van der Waals surface area contributed by atoms with Gasteiger partial charge in [-0.3, -0.25) is 4.98 Å². The molecule has 2 aliphatic heterocycles. The smallest absolute Gasteiger partial charge is 0.416 e. The van der Waals surface area contributed by atoms with Crippen LogP contribution in [-0.2, 0) is 33.4 Å². The minimum Gasteiger partial charge on any atom is -0.497 e. The van der Waals surface area contributed by atoms with Crippen LogP contribution in [-0.4, -0.2) is 66.7 Å². The molecule has 2 aromatic carbocycles. The number of piperidine rings is 1. The van der Waals surface area contributed by atoms with Crippen molar-refractivity contribution in [1.29, 1.82) is 0 Å². The first-order valence-electron chi connectivity index (χ1n) is 22.7. The summed E-state index contributed by atoms with van der Waals surface area (Å²) in [4.78, 5) is 16.7. The number of methoxy groups -OCH3 is 1. The quantitative estimate of drug-likeness (QED) is 0.129. The van der Waals surface area contributed by atoms with Crippen molar-refractivity contribution in [2.24, 2.45) is 10.8 Å². The molecule has 4 heterocycles. The molecule has 3 fully saturated rings. The lowest BCUT2D eigenvalue weighted by Gasteiger charge is -2.42. The highest BCUT2D eigenvalue weighted by Crippen LogP contribution is 2.53. The van der Waals surface area contributed by atoms with E-state index in [1.54, 1.807) is 19.5 Å². The first-order valence-corrected chi connectivity index (χ1v) is 22.7. The van der Waals surface area contributed by atoms with Crippen LogP contribution in [0.3, 0.4) is 0 Å². The molecule has 2 aromatic heterocycles. The van der Waals surface area contributed by atoms with Crippen LogP contribution in [0.1, 0.15) is 148 Å². The van der Waals surface area contributed by atoms with E-state index in [0.29, 0.717) is 87.3 Å². The summed E-state index contributed by atoms with van der Waals surface area (Å²) in [5.41, 5.74) is 2.38. The van der Waals surface area contributed by atoms with Crippen LogP contribution >= 0.6 is 0 Å². The van der Waals surface area contributed by atoms with E-state index in [1.165, 1.54) is 12.1 Å². The average Bonchev–Trinajstić information content (AvgIpc) is 3.28. The molecule has 0 amide bonds. The SMILES string of the molecule is COc1ccc(CO[C@H]2CC(C)(C)Cc3nc(C4CCN(c5ncc(OCC6(C)COC(C)(C)OC6)cn5)CC4)c([C@@H](F)c4ccc(C(F)(F)F)cc4)c(C4CCC(F)(F)CC4)c32)cc1. The minimum absolute atomic E-state index is 0.0461. The number of anilines is 1. The van der Waals surface area contributed by atoms with Gasteiger partial charge in [-0.2, -0.15) is 13.2 Å². The summed E-state index contributed by atoms with van der Waals surface area (Å²) >= 11 is 0. The van der Waals surface area contributed by atoms with Crippen LogP contribution in [0, 0.1) is 10.8 Å². The number of benzene rings is 2. The molecule has 4 aliphatic rings. The van der Waals surface area contributed by atoms with Crippen molar-refractivity contribution in [2.75, 3.05) is 44.9 Å². The number of alkyl halides is 6. The Kier molecular flexibility index (Phi) is 13.3. The summed E-state index contributed by atoms with van der Waals surface area (Å²) in [6.07, 6.45) is -1.97. The van der Waals surface area contributed by atoms with E-state index >= 15 is 4.39 Å². The highest BCUT2D eigenvalue weighted by Gasteiger charge is 2.45. The number of hydrogen-bond acceptors (Lipinski definition) is 9. The Balaban J connectivity index is 1.13. The molecule has 0 spiro atoms. The van der Waals surface area contributed by atoms with E-state index in [1.807, 2.05) is 45.0 Å². The third kappa shape index (κ3) is 10.9. The predicted molar refractivity (Wildman–Crippen MR) is 233 cm³/mol. The van der Waals surface area contributed by atoms with Crippen LogP contribution < -0.4 is 14.4 Å². The number of rotatable bonds is 12. The second-order valence-electron chi connectivity index (χ2n) is 20.0. The third-order valence-electron chi connectivity index (χ3n) is 13.6. The summed E-state index contributed by atoms with van der Waals surface area (Å²) in [5.74, 6) is -2.46. The molecule has 0 bridgehead atoms. The standard InChI is InChI=1S/C50H60F6N4O5/c1-46(2)23-38-41(39(24-46)62-27-31-7-13-36(61-6)14-8-31)40(32-15-19-49(52,53)20-16-32)42(43(51)33-9-11-35(12-10-33)50(54,55)56)44(59-38)34-17-21-60(22-18-34)45-57-25-37(26-58-45)63-28-48(5)29-64-47(3,4)65-30-48/h7-14,25-26,32,34,39,43H,15-24,27-30H2,1-6H3/t39-,43-/m0/s1. The van der Waals surface area contributed by atoms with Gasteiger partial charge in [0.2, 0.25) is 11.9 Å². The van der Waals surface area contributed by atoms with Crippen molar-refractivity contribution >= 4 is 5.95 Å². The van der Waals surface area contributed by atoms with Crippen molar-refractivity contribution in [3.8, 4) is 11.5 Å². The lowest BCUT2D eigenvalue weighted by Crippen LogP contribution is -2.47. The van der Waals surface area contributed by atoms with Crippen LogP contribution in [0.5, 0.6) is 11.5 Å². The molecule has 8 rings (SSSR count). The Morgan fingerprint density at radius 1 is 0.815 bits per heavy atom. The Hall–Kier alpha value is -4.47. The van der Waals surface area contributed by atoms with Crippen molar-refractivity contribution in [2.45, 2.75) is 135 Å². The van der Waals surface area contributed by atoms with E-state index in [4.69, 9.17) is 28.7 Å². The van der Waals surface area contributed by atoms with Crippen molar-refractivity contribution in [3.63, 3.8) is 0 Å². The van der Waals surface area contributed by atoms with E-state index in [9.17, 15) is 22.0 Å². The highest BCUT2D eigenvalue weighted by molar-refractivity contribution is 5.51. The number of ether oxygens (including phenoxy) is 5. The van der Waals surface area contributed by atoms with Gasteiger partial charge in [0.1, 0.15) is 5.75 Å². The van der Waals surface area contributed by atoms with Gasteiger partial charge in [0.25, 0.3) is 0 Å². The molecule has 352 valence electrons. The molecule has 0 N–H and O–H groups in total. The Morgan fingerprint density at radius 2 is 1.45 bits per heavy atom. The van der Waals surface area contributed by atoms with Gasteiger partial charge in [-0.15, -0.1) is 0 Å². The summed E-state index contributed by atoms with van der Waals surface area (Å²) in [6.45, 7) is 12.7. The molecule has 9 nitrogen and oxygen atoms in total. The van der Waals surface area contributed by atoms with Gasteiger partial charge in [0.05, 0.1) is 63.3 Å². The Labute approximate surface area is 377 Å². The van der Waals surface area contributed by atoms with Crippen LogP contribution in [0.4, 0.5) is 32.3 Å². The van der Waals surface area contributed by atoms with E-state index in [0.717, 1.165) is 29.0 Å². The molecular formula is C50H60F6N4O5. The number of hydrogen-bond donors (Lipinski definition) is 0. The molecule has 0 radical (unpaired) electrons. The summed E-state index contributed by atoms with van der Waals surface area (Å²) in [7, 11) is 1.59. The van der Waals surface area contributed by atoms with Crippen LogP contribution in [0.2, 0.25) is 0 Å². The summed E-state index contributed by atoms with van der Waals surface area (Å²) in [6, 6.07) is 11.7. The van der Waals surface area contributed by atoms with Crippen molar-refractivity contribution in [3.05, 3.63) is 106 Å². The average molecular weight is 911 g/mol. The van der Waals surface area contributed by atoms with Crippen molar-refractivity contribution < 1.29 is 50.0 Å². The fraction of sp³-hybridized carbons (Fsp3) is 0.580. The van der Waals surface area contributed by atoms with E-state index in [-0.39, 0.29) is 60.2 Å². The molecule has 2 saturated heterocycles. The molecular weight excluding hydrogens is 851 g/mol. The lowest BCUT2D eigenvalue weighted by atomic mass is 9.68. The van der Waals surface area contributed by atoms with Crippen LogP contribution in [0.25, 0.3) is 0 Å². The highest BCUT2D eigenvalue weighted by atomic mass is 19.4. The van der Waals surface area contributed by atoms with E-state index in [2.05, 4.69) is 28.7 Å². The zero-order valence-electron chi connectivity index (χ0n) is 38.1. The van der Waals surface area contributed by atoms with E-state index < -0.39 is 41.6 Å². The Morgan fingerprint density at radius 3 is 2.05 bits per heavy atom. The van der Waals surface area contributed by atoms with Gasteiger partial charge in [-0.05, 0) is 105 Å². The third-order valence-corrected chi connectivity index (χ3v) is 13.6. The van der Waals surface area contributed by atoms with Crippen LogP contribution in [0.15, 0.2) is 60.9 Å². The minimum atomic E-state index is -4.61. The molecule has 4 aromatic rings. The van der Waals surface area contributed by atoms with Gasteiger partial charge in [0, 0.05) is 54.1 Å². The fourth-order valence-corrected chi connectivity index (χ4v) is 9.76. The molecule has 65 heavy (non-hydrogen) atoms. The summed E-state index contributed by atoms with van der Waals surface area (Å²) < 4.78 is 119. The molecule has 15 heteroatoms. The summed E-state index contributed by atoms with van der Waals surface area (Å²) in [5, 5.41) is 0. The maximum absolute atomic E-state index is 17.9. The zero-order valence-corrected chi connectivity index (χ0v) is 38.1. The van der Waals surface area contributed by atoms with Gasteiger partial charge < -0.3 is 28.6 Å². The number of fused-ring (bicyclic) bond motifs is 1. The molecule has 0 unspecified atom stereocenters. The fourth-order valence-electron chi connectivity index (χ4n) is 9.76. The maximum atomic E-state index is 17.9. The predicted octanol–water partition coefficient (Wildman–Crippen LogP) is 12.0. The first kappa shape index (κ1) is 47.0. The first-order chi connectivity index (χ1) is 30.7. The zero-order chi connectivity index (χ0) is 46.4. The second-order valence-corrected chi connectivity index (χ2v) is 20.0. The molecule has 1 saturated carbocycles. The van der Waals surface area contributed by atoms with Gasteiger partial charge in [0.15, 0.2) is 17.7 Å². The molecule has 2 atom stereocenters. The second kappa shape index (κ2) is 18.3. The monoisotopic (exact) mass is 910 g/mol.